The van der Waals surface area contributed by atoms with Gasteiger partial charge in [0.15, 0.2) is 0 Å². The predicted molar refractivity (Wildman–Crippen MR) is 101 cm³/mol. The van der Waals surface area contributed by atoms with Crippen LogP contribution < -0.4 is 4.74 Å². The first kappa shape index (κ1) is 18.2. The zero-order chi connectivity index (χ0) is 19.0. The van der Waals surface area contributed by atoms with E-state index in [1.807, 2.05) is 11.0 Å². The van der Waals surface area contributed by atoms with Gasteiger partial charge in [-0.3, -0.25) is 4.79 Å². The van der Waals surface area contributed by atoms with E-state index in [-0.39, 0.29) is 18.1 Å². The average Bonchev–Trinajstić information content (AvgIpc) is 2.68. The number of nitriles is 1. The third kappa shape index (κ3) is 3.53. The van der Waals surface area contributed by atoms with Crippen molar-refractivity contribution in [3.05, 3.63) is 22.9 Å². The summed E-state index contributed by atoms with van der Waals surface area (Å²) < 4.78 is 6.19. The van der Waals surface area contributed by atoms with Crippen LogP contribution in [0, 0.1) is 11.3 Å². The average molecular weight is 368 g/mol. The summed E-state index contributed by atoms with van der Waals surface area (Å²) in [6.07, 6.45) is 5.30. The van der Waals surface area contributed by atoms with E-state index >= 15 is 0 Å². The van der Waals surface area contributed by atoms with E-state index in [2.05, 4.69) is 24.8 Å². The van der Waals surface area contributed by atoms with Gasteiger partial charge >= 0.3 is 0 Å². The predicted octanol–water partition coefficient (Wildman–Crippen LogP) is 2.81. The summed E-state index contributed by atoms with van der Waals surface area (Å²) >= 11 is 0. The van der Waals surface area contributed by atoms with Crippen molar-refractivity contribution in [2.45, 2.75) is 70.6 Å². The second kappa shape index (κ2) is 7.47. The minimum Gasteiger partial charge on any atom is -0.473 e. The lowest BCUT2D eigenvalue weighted by Gasteiger charge is -2.40. The number of likely N-dealkylation sites (tertiary alicyclic amines) is 1. The molecule has 3 aliphatic heterocycles. The van der Waals surface area contributed by atoms with Crippen molar-refractivity contribution in [3.63, 3.8) is 0 Å². The number of piperidine rings is 2. The molecule has 4 heterocycles. The van der Waals surface area contributed by atoms with E-state index in [0.717, 1.165) is 63.0 Å². The summed E-state index contributed by atoms with van der Waals surface area (Å²) in [6, 6.07) is 4.83. The molecule has 144 valence electrons. The fraction of sp³-hybridized carbons (Fsp3) is 0.667. The van der Waals surface area contributed by atoms with Gasteiger partial charge in [-0.1, -0.05) is 0 Å². The molecule has 2 saturated heterocycles. The van der Waals surface area contributed by atoms with E-state index in [4.69, 9.17) is 9.72 Å². The van der Waals surface area contributed by atoms with Crippen LogP contribution in [-0.2, 0) is 11.2 Å². The Hall–Kier alpha value is -2.13. The van der Waals surface area contributed by atoms with Crippen molar-refractivity contribution in [2.75, 3.05) is 19.6 Å². The molecule has 1 unspecified atom stereocenters. The second-order valence-electron chi connectivity index (χ2n) is 8.18. The van der Waals surface area contributed by atoms with Crippen molar-refractivity contribution >= 4 is 5.91 Å². The monoisotopic (exact) mass is 368 g/mol. The number of nitrogens with zero attached hydrogens (tertiary/aromatic N) is 4. The van der Waals surface area contributed by atoms with Gasteiger partial charge in [0.05, 0.1) is 11.7 Å². The van der Waals surface area contributed by atoms with Gasteiger partial charge in [-0.25, -0.2) is 4.98 Å². The molecule has 0 aliphatic carbocycles. The van der Waals surface area contributed by atoms with Crippen LogP contribution in [-0.4, -0.2) is 52.5 Å². The van der Waals surface area contributed by atoms with Crippen LogP contribution in [0.4, 0.5) is 0 Å². The van der Waals surface area contributed by atoms with Crippen LogP contribution in [0.15, 0.2) is 6.07 Å². The molecule has 6 nitrogen and oxygen atoms in total. The topological polar surface area (TPSA) is 69.5 Å². The van der Waals surface area contributed by atoms with Gasteiger partial charge in [-0.2, -0.15) is 5.26 Å². The molecule has 0 spiro atoms. The molecule has 0 bridgehead atoms. The minimum atomic E-state index is 0.0814. The van der Waals surface area contributed by atoms with E-state index in [1.54, 1.807) is 0 Å². The highest BCUT2D eigenvalue weighted by Crippen LogP contribution is 2.38. The fourth-order valence-corrected chi connectivity index (χ4v) is 4.62. The fourth-order valence-electron chi connectivity index (χ4n) is 4.62. The number of fused-ring (bicyclic) bond motifs is 3. The van der Waals surface area contributed by atoms with Crippen LogP contribution in [0.2, 0.25) is 0 Å². The van der Waals surface area contributed by atoms with Gasteiger partial charge in [0.25, 0.3) is 0 Å². The normalized spacial score (nSPS) is 23.7. The molecule has 1 aromatic rings. The SMILES string of the molecule is CC(C)N1CCC(Oc2nc3c(cc2C#N)C2CCCC(=O)N2CC3)CC1. The highest BCUT2D eigenvalue weighted by molar-refractivity contribution is 5.78. The molecule has 0 aromatic carbocycles. The van der Waals surface area contributed by atoms with E-state index in [1.165, 1.54) is 0 Å². The summed E-state index contributed by atoms with van der Waals surface area (Å²) in [6.45, 7) is 7.21. The number of ether oxygens (including phenoxy) is 1. The molecular formula is C21H28N4O2. The van der Waals surface area contributed by atoms with Gasteiger partial charge in [-0.15, -0.1) is 0 Å². The molecule has 0 N–H and O–H groups in total. The van der Waals surface area contributed by atoms with Crippen molar-refractivity contribution in [2.24, 2.45) is 0 Å². The number of aromatic nitrogens is 1. The molecular weight excluding hydrogens is 340 g/mol. The maximum Gasteiger partial charge on any atom is 0.232 e. The third-order valence-electron chi connectivity index (χ3n) is 6.22. The number of hydrogen-bond donors (Lipinski definition) is 0. The Labute approximate surface area is 161 Å². The Kier molecular flexibility index (Phi) is 5.05. The standard InChI is InChI=1S/C21H28N4O2/c1-14(2)24-9-6-16(7-10-24)27-21-15(13-22)12-17-18(23-21)8-11-25-19(17)4-3-5-20(25)26/h12,14,16,19H,3-11H2,1-2H3. The highest BCUT2D eigenvalue weighted by atomic mass is 16.5. The van der Waals surface area contributed by atoms with Gasteiger partial charge < -0.3 is 14.5 Å². The molecule has 4 rings (SSSR count). The lowest BCUT2D eigenvalue weighted by Crippen LogP contribution is -2.43. The van der Waals surface area contributed by atoms with Crippen LogP contribution >= 0.6 is 0 Å². The molecule has 1 aromatic heterocycles. The van der Waals surface area contributed by atoms with Crippen LogP contribution in [0.3, 0.4) is 0 Å². The van der Waals surface area contributed by atoms with Gasteiger partial charge in [0.2, 0.25) is 11.8 Å². The summed E-state index contributed by atoms with van der Waals surface area (Å²) in [7, 11) is 0. The zero-order valence-corrected chi connectivity index (χ0v) is 16.3. The molecule has 0 saturated carbocycles. The molecule has 6 heteroatoms. The quantitative estimate of drug-likeness (QED) is 0.820. The number of amides is 1. The number of pyridine rings is 1. The first-order chi connectivity index (χ1) is 13.1. The van der Waals surface area contributed by atoms with Gasteiger partial charge in [0.1, 0.15) is 17.7 Å². The number of hydrogen-bond acceptors (Lipinski definition) is 5. The summed E-state index contributed by atoms with van der Waals surface area (Å²) in [4.78, 5) is 21.4. The van der Waals surface area contributed by atoms with E-state index < -0.39 is 0 Å². The molecule has 0 radical (unpaired) electrons. The molecule has 1 amide bonds. The Morgan fingerprint density at radius 1 is 1.22 bits per heavy atom. The van der Waals surface area contributed by atoms with E-state index in [9.17, 15) is 10.1 Å². The Morgan fingerprint density at radius 3 is 2.70 bits per heavy atom. The first-order valence-corrected chi connectivity index (χ1v) is 10.2. The Balaban J connectivity index is 1.54. The zero-order valence-electron chi connectivity index (χ0n) is 16.3. The lowest BCUT2D eigenvalue weighted by atomic mass is 9.88. The van der Waals surface area contributed by atoms with Crippen molar-refractivity contribution in [1.82, 2.24) is 14.8 Å². The van der Waals surface area contributed by atoms with E-state index in [0.29, 0.717) is 23.9 Å². The maximum absolute atomic E-state index is 12.2. The van der Waals surface area contributed by atoms with Crippen molar-refractivity contribution in [1.29, 1.82) is 5.26 Å². The third-order valence-corrected chi connectivity index (χ3v) is 6.22. The van der Waals surface area contributed by atoms with Crippen LogP contribution in [0.25, 0.3) is 0 Å². The Bertz CT molecular complexity index is 762. The maximum atomic E-state index is 12.2. The number of rotatable bonds is 3. The number of carbonyl (C=O) groups is 1. The van der Waals surface area contributed by atoms with Gasteiger partial charge in [0, 0.05) is 38.5 Å². The molecule has 27 heavy (non-hydrogen) atoms. The highest BCUT2D eigenvalue weighted by Gasteiger charge is 2.35. The molecule has 2 fully saturated rings. The van der Waals surface area contributed by atoms with Crippen LogP contribution in [0.5, 0.6) is 5.88 Å². The molecule has 1 atom stereocenters. The number of carbonyl (C=O) groups excluding carboxylic acids is 1. The molecule has 3 aliphatic rings. The minimum absolute atomic E-state index is 0.0814. The first-order valence-electron chi connectivity index (χ1n) is 10.2. The van der Waals surface area contributed by atoms with Gasteiger partial charge in [-0.05, 0) is 51.2 Å². The Morgan fingerprint density at radius 2 is 2.00 bits per heavy atom. The smallest absolute Gasteiger partial charge is 0.232 e. The summed E-state index contributed by atoms with van der Waals surface area (Å²) in [5, 5.41) is 9.65. The summed E-state index contributed by atoms with van der Waals surface area (Å²) in [5.74, 6) is 0.711. The largest absolute Gasteiger partial charge is 0.473 e. The van der Waals surface area contributed by atoms with Crippen LogP contribution in [0.1, 0.15) is 68.8 Å². The summed E-state index contributed by atoms with van der Waals surface area (Å²) in [5.41, 5.74) is 2.55. The lowest BCUT2D eigenvalue weighted by molar-refractivity contribution is -0.137. The second-order valence-corrected chi connectivity index (χ2v) is 8.18. The van der Waals surface area contributed by atoms with Crippen molar-refractivity contribution in [3.8, 4) is 11.9 Å². The van der Waals surface area contributed by atoms with Crippen molar-refractivity contribution < 1.29 is 9.53 Å².